The van der Waals surface area contributed by atoms with E-state index in [1.807, 2.05) is 6.07 Å². The van der Waals surface area contributed by atoms with Crippen LogP contribution in [0.1, 0.15) is 44.1 Å². The molecule has 0 amide bonds. The van der Waals surface area contributed by atoms with Gasteiger partial charge < -0.3 is 10.7 Å². The van der Waals surface area contributed by atoms with Gasteiger partial charge in [0, 0.05) is 40.6 Å². The van der Waals surface area contributed by atoms with Crippen molar-refractivity contribution < 1.29 is 0 Å². The van der Waals surface area contributed by atoms with E-state index in [2.05, 4.69) is 35.1 Å². The van der Waals surface area contributed by atoms with Gasteiger partial charge in [-0.2, -0.15) is 0 Å². The maximum atomic E-state index is 6.21. The van der Waals surface area contributed by atoms with Crippen LogP contribution in [-0.2, 0) is 0 Å². The molecule has 1 aliphatic heterocycles. The van der Waals surface area contributed by atoms with Gasteiger partial charge in [0.25, 0.3) is 0 Å². The quantitative estimate of drug-likeness (QED) is 0.870. The monoisotopic (exact) mass is 319 g/mol. The van der Waals surface area contributed by atoms with Crippen LogP contribution in [0.25, 0.3) is 10.9 Å². The van der Waals surface area contributed by atoms with E-state index >= 15 is 0 Å². The third-order valence-electron chi connectivity index (χ3n) is 4.97. The van der Waals surface area contributed by atoms with Gasteiger partial charge in [0.2, 0.25) is 0 Å². The molecule has 1 aromatic heterocycles. The standard InChI is InChI=1S/C18H26ClN3/c1-2-8-22-9-4-3-5-18(22)15(11-20)16-12-21-17-7-6-13(19)10-14(16)17/h6-7,10,12,15,18,21H,2-5,8-9,11,20H2,1H3. The molecule has 22 heavy (non-hydrogen) atoms. The van der Waals surface area contributed by atoms with Gasteiger partial charge in [0.05, 0.1) is 0 Å². The lowest BCUT2D eigenvalue weighted by molar-refractivity contribution is 0.127. The number of hydrogen-bond donors (Lipinski definition) is 2. The number of halogens is 1. The minimum atomic E-state index is 0.374. The number of aromatic nitrogens is 1. The molecule has 0 radical (unpaired) electrons. The number of benzene rings is 1. The van der Waals surface area contributed by atoms with Crippen molar-refractivity contribution in [1.82, 2.24) is 9.88 Å². The van der Waals surface area contributed by atoms with E-state index in [1.165, 1.54) is 49.7 Å². The average molecular weight is 320 g/mol. The summed E-state index contributed by atoms with van der Waals surface area (Å²) >= 11 is 6.20. The zero-order valence-corrected chi connectivity index (χ0v) is 14.1. The Hall–Kier alpha value is -1.03. The number of likely N-dealkylation sites (tertiary alicyclic amines) is 1. The van der Waals surface area contributed by atoms with Gasteiger partial charge in [-0.1, -0.05) is 24.9 Å². The van der Waals surface area contributed by atoms with E-state index in [0.29, 0.717) is 18.5 Å². The summed E-state index contributed by atoms with van der Waals surface area (Å²) in [6.07, 6.45) is 7.21. The molecular formula is C18H26ClN3. The van der Waals surface area contributed by atoms with Gasteiger partial charge in [0.1, 0.15) is 0 Å². The van der Waals surface area contributed by atoms with E-state index in [1.54, 1.807) is 0 Å². The highest BCUT2D eigenvalue weighted by Crippen LogP contribution is 2.34. The molecule has 1 fully saturated rings. The van der Waals surface area contributed by atoms with Crippen LogP contribution in [-0.4, -0.2) is 35.6 Å². The summed E-state index contributed by atoms with van der Waals surface area (Å²) in [6.45, 7) is 5.32. The fourth-order valence-electron chi connectivity index (χ4n) is 3.95. The third kappa shape index (κ3) is 3.03. The molecule has 2 heterocycles. The summed E-state index contributed by atoms with van der Waals surface area (Å²) in [4.78, 5) is 6.03. The van der Waals surface area contributed by atoms with Crippen LogP contribution in [0, 0.1) is 0 Å². The number of piperidine rings is 1. The topological polar surface area (TPSA) is 45.0 Å². The molecule has 0 spiro atoms. The van der Waals surface area contributed by atoms with Crippen molar-refractivity contribution in [2.45, 2.75) is 44.6 Å². The van der Waals surface area contributed by atoms with Gasteiger partial charge in [0.15, 0.2) is 0 Å². The molecule has 4 heteroatoms. The number of rotatable bonds is 5. The highest BCUT2D eigenvalue weighted by Gasteiger charge is 2.31. The minimum absolute atomic E-state index is 0.374. The summed E-state index contributed by atoms with van der Waals surface area (Å²) in [5.74, 6) is 0.374. The van der Waals surface area contributed by atoms with Gasteiger partial charge >= 0.3 is 0 Å². The van der Waals surface area contributed by atoms with Crippen LogP contribution < -0.4 is 5.73 Å². The van der Waals surface area contributed by atoms with Crippen molar-refractivity contribution in [2.75, 3.05) is 19.6 Å². The molecule has 1 aromatic carbocycles. The SMILES string of the molecule is CCCN1CCCCC1C(CN)c1c[nH]c2ccc(Cl)cc12. The summed E-state index contributed by atoms with van der Waals surface area (Å²) in [6, 6.07) is 6.61. The first-order valence-electron chi connectivity index (χ1n) is 8.45. The maximum Gasteiger partial charge on any atom is 0.0457 e. The molecule has 120 valence electrons. The minimum Gasteiger partial charge on any atom is -0.361 e. The Kier molecular flexibility index (Phi) is 5.07. The number of nitrogens with zero attached hydrogens (tertiary/aromatic N) is 1. The molecule has 0 bridgehead atoms. The van der Waals surface area contributed by atoms with Gasteiger partial charge in [-0.25, -0.2) is 0 Å². The maximum absolute atomic E-state index is 6.21. The molecule has 2 unspecified atom stereocenters. The Labute approximate surface area is 137 Å². The summed E-state index contributed by atoms with van der Waals surface area (Å²) in [5.41, 5.74) is 8.68. The van der Waals surface area contributed by atoms with E-state index < -0.39 is 0 Å². The summed E-state index contributed by atoms with van der Waals surface area (Å²) < 4.78 is 0. The van der Waals surface area contributed by atoms with E-state index in [4.69, 9.17) is 17.3 Å². The van der Waals surface area contributed by atoms with Crippen LogP contribution >= 0.6 is 11.6 Å². The number of nitrogens with two attached hydrogens (primary N) is 1. The number of nitrogens with one attached hydrogen (secondary N) is 1. The smallest absolute Gasteiger partial charge is 0.0457 e. The van der Waals surface area contributed by atoms with Crippen molar-refractivity contribution >= 4 is 22.5 Å². The highest BCUT2D eigenvalue weighted by atomic mass is 35.5. The summed E-state index contributed by atoms with van der Waals surface area (Å²) in [7, 11) is 0. The molecule has 3 nitrogen and oxygen atoms in total. The Morgan fingerprint density at radius 3 is 3.05 bits per heavy atom. The van der Waals surface area contributed by atoms with E-state index in [-0.39, 0.29) is 0 Å². The molecular weight excluding hydrogens is 294 g/mol. The Morgan fingerprint density at radius 1 is 1.41 bits per heavy atom. The van der Waals surface area contributed by atoms with Crippen LogP contribution in [0.15, 0.2) is 24.4 Å². The van der Waals surface area contributed by atoms with Crippen LogP contribution in [0.2, 0.25) is 5.02 Å². The van der Waals surface area contributed by atoms with Crippen molar-refractivity contribution in [3.05, 3.63) is 35.0 Å². The highest BCUT2D eigenvalue weighted by molar-refractivity contribution is 6.31. The first-order valence-corrected chi connectivity index (χ1v) is 8.83. The van der Waals surface area contributed by atoms with Crippen molar-refractivity contribution in [2.24, 2.45) is 5.73 Å². The first kappa shape index (κ1) is 15.9. The fourth-order valence-corrected chi connectivity index (χ4v) is 4.12. The number of aromatic amines is 1. The van der Waals surface area contributed by atoms with Crippen LogP contribution in [0.5, 0.6) is 0 Å². The second kappa shape index (κ2) is 7.03. The van der Waals surface area contributed by atoms with Gasteiger partial charge in [-0.15, -0.1) is 0 Å². The van der Waals surface area contributed by atoms with Crippen molar-refractivity contribution in [3.8, 4) is 0 Å². The molecule has 1 saturated heterocycles. The first-order chi connectivity index (χ1) is 10.7. The fraction of sp³-hybridized carbons (Fsp3) is 0.556. The lowest BCUT2D eigenvalue weighted by Crippen LogP contribution is -2.45. The number of hydrogen-bond acceptors (Lipinski definition) is 2. The Balaban J connectivity index is 1.96. The predicted molar refractivity (Wildman–Crippen MR) is 94.6 cm³/mol. The van der Waals surface area contributed by atoms with E-state index in [0.717, 1.165) is 10.5 Å². The Morgan fingerprint density at radius 2 is 2.27 bits per heavy atom. The number of H-pyrrole nitrogens is 1. The van der Waals surface area contributed by atoms with Crippen molar-refractivity contribution in [1.29, 1.82) is 0 Å². The second-order valence-electron chi connectivity index (χ2n) is 6.38. The average Bonchev–Trinajstić information content (AvgIpc) is 2.93. The van der Waals surface area contributed by atoms with Crippen LogP contribution in [0.4, 0.5) is 0 Å². The predicted octanol–water partition coefficient (Wildman–Crippen LogP) is 4.13. The largest absolute Gasteiger partial charge is 0.361 e. The van der Waals surface area contributed by atoms with Crippen LogP contribution in [0.3, 0.4) is 0 Å². The molecule has 3 N–H and O–H groups in total. The molecule has 2 aromatic rings. The lowest BCUT2D eigenvalue weighted by atomic mass is 9.85. The lowest BCUT2D eigenvalue weighted by Gasteiger charge is -2.40. The third-order valence-corrected chi connectivity index (χ3v) is 5.20. The summed E-state index contributed by atoms with van der Waals surface area (Å²) in [5, 5.41) is 2.02. The second-order valence-corrected chi connectivity index (χ2v) is 6.81. The Bertz CT molecular complexity index is 620. The van der Waals surface area contributed by atoms with Gasteiger partial charge in [-0.05, 0) is 56.1 Å². The van der Waals surface area contributed by atoms with Crippen molar-refractivity contribution in [3.63, 3.8) is 0 Å². The zero-order valence-electron chi connectivity index (χ0n) is 13.3. The molecule has 0 aliphatic carbocycles. The zero-order chi connectivity index (χ0) is 15.5. The van der Waals surface area contributed by atoms with Gasteiger partial charge in [-0.3, -0.25) is 4.90 Å². The molecule has 2 atom stereocenters. The molecule has 3 rings (SSSR count). The van der Waals surface area contributed by atoms with E-state index in [9.17, 15) is 0 Å². The normalized spacial score (nSPS) is 21.3. The molecule has 0 saturated carbocycles. The molecule has 1 aliphatic rings. The number of fused-ring (bicyclic) bond motifs is 1.